The second-order valence-electron chi connectivity index (χ2n) is 5.58. The van der Waals surface area contributed by atoms with Crippen molar-refractivity contribution in [2.24, 2.45) is 0 Å². The topological polar surface area (TPSA) is 61.4 Å². The standard InChI is InChI=1S/C15H25N3O2S/c1-13-5-6-14(12-16-2)11-15(13)21(19,20)17-7-10-18-8-3-4-9-18/h5-6,11,16-17H,3-4,7-10,12H2,1-2H3. The van der Waals surface area contributed by atoms with Crippen molar-refractivity contribution in [3.8, 4) is 0 Å². The van der Waals surface area contributed by atoms with Crippen LogP contribution < -0.4 is 10.0 Å². The van der Waals surface area contributed by atoms with Gasteiger partial charge in [-0.2, -0.15) is 0 Å². The highest BCUT2D eigenvalue weighted by Gasteiger charge is 2.18. The van der Waals surface area contributed by atoms with E-state index >= 15 is 0 Å². The molecule has 1 heterocycles. The van der Waals surface area contributed by atoms with E-state index in [1.807, 2.05) is 26.1 Å². The molecule has 0 aliphatic carbocycles. The zero-order valence-corrected chi connectivity index (χ0v) is 13.7. The van der Waals surface area contributed by atoms with Gasteiger partial charge in [-0.05, 0) is 57.1 Å². The predicted molar refractivity (Wildman–Crippen MR) is 84.8 cm³/mol. The second kappa shape index (κ2) is 7.35. The van der Waals surface area contributed by atoms with Gasteiger partial charge in [0.05, 0.1) is 4.90 Å². The molecule has 1 aromatic rings. The van der Waals surface area contributed by atoms with Crippen LogP contribution in [-0.2, 0) is 16.6 Å². The van der Waals surface area contributed by atoms with Crippen LogP contribution in [0.5, 0.6) is 0 Å². The van der Waals surface area contributed by atoms with Crippen LogP contribution in [0.3, 0.4) is 0 Å². The maximum absolute atomic E-state index is 12.4. The van der Waals surface area contributed by atoms with Crippen molar-refractivity contribution in [1.29, 1.82) is 0 Å². The first-order chi connectivity index (χ1) is 10.0. The fourth-order valence-electron chi connectivity index (χ4n) is 2.67. The third kappa shape index (κ3) is 4.51. The molecule has 1 aliphatic rings. The number of aryl methyl sites for hydroxylation is 1. The van der Waals surface area contributed by atoms with Crippen LogP contribution in [0.1, 0.15) is 24.0 Å². The molecule has 2 rings (SSSR count). The van der Waals surface area contributed by atoms with Crippen LogP contribution in [0.15, 0.2) is 23.1 Å². The minimum absolute atomic E-state index is 0.386. The maximum Gasteiger partial charge on any atom is 0.240 e. The lowest BCUT2D eigenvalue weighted by Crippen LogP contribution is -2.33. The maximum atomic E-state index is 12.4. The number of sulfonamides is 1. The summed E-state index contributed by atoms with van der Waals surface area (Å²) in [6, 6.07) is 5.57. The molecule has 2 N–H and O–H groups in total. The van der Waals surface area contributed by atoms with Gasteiger partial charge >= 0.3 is 0 Å². The van der Waals surface area contributed by atoms with E-state index in [1.54, 1.807) is 6.07 Å². The van der Waals surface area contributed by atoms with Crippen molar-refractivity contribution in [1.82, 2.24) is 14.9 Å². The van der Waals surface area contributed by atoms with E-state index < -0.39 is 10.0 Å². The summed E-state index contributed by atoms with van der Waals surface area (Å²) in [6.45, 7) is 5.91. The normalized spacial score (nSPS) is 16.5. The van der Waals surface area contributed by atoms with Gasteiger partial charge in [0.25, 0.3) is 0 Å². The Hall–Kier alpha value is -0.950. The number of hydrogen-bond acceptors (Lipinski definition) is 4. The minimum Gasteiger partial charge on any atom is -0.316 e. The molecule has 1 saturated heterocycles. The fourth-order valence-corrected chi connectivity index (χ4v) is 3.98. The van der Waals surface area contributed by atoms with Crippen molar-refractivity contribution in [3.63, 3.8) is 0 Å². The zero-order valence-electron chi connectivity index (χ0n) is 12.9. The third-order valence-corrected chi connectivity index (χ3v) is 5.44. The molecule has 0 radical (unpaired) electrons. The molecular weight excluding hydrogens is 286 g/mol. The van der Waals surface area contributed by atoms with E-state index in [-0.39, 0.29) is 0 Å². The van der Waals surface area contributed by atoms with Gasteiger partial charge in [-0.3, -0.25) is 0 Å². The highest BCUT2D eigenvalue weighted by atomic mass is 32.2. The van der Waals surface area contributed by atoms with E-state index in [0.717, 1.165) is 30.8 Å². The smallest absolute Gasteiger partial charge is 0.240 e. The Balaban J connectivity index is 2.02. The summed E-state index contributed by atoms with van der Waals surface area (Å²) in [5, 5.41) is 3.04. The van der Waals surface area contributed by atoms with Crippen LogP contribution in [0.25, 0.3) is 0 Å². The van der Waals surface area contributed by atoms with Gasteiger partial charge in [0.2, 0.25) is 10.0 Å². The summed E-state index contributed by atoms with van der Waals surface area (Å²) in [5.74, 6) is 0. The van der Waals surface area contributed by atoms with Gasteiger partial charge in [-0.15, -0.1) is 0 Å². The Labute approximate surface area is 127 Å². The molecule has 0 unspecified atom stereocenters. The van der Waals surface area contributed by atoms with E-state index in [4.69, 9.17) is 0 Å². The molecule has 0 atom stereocenters. The van der Waals surface area contributed by atoms with Crippen LogP contribution in [0, 0.1) is 6.92 Å². The van der Waals surface area contributed by atoms with E-state index in [2.05, 4.69) is 14.9 Å². The summed E-state index contributed by atoms with van der Waals surface area (Å²) < 4.78 is 27.6. The van der Waals surface area contributed by atoms with Crippen LogP contribution in [-0.4, -0.2) is 46.5 Å². The Morgan fingerprint density at radius 1 is 1.24 bits per heavy atom. The van der Waals surface area contributed by atoms with Crippen LogP contribution in [0.4, 0.5) is 0 Å². The molecule has 0 bridgehead atoms. The van der Waals surface area contributed by atoms with Gasteiger partial charge < -0.3 is 10.2 Å². The lowest BCUT2D eigenvalue weighted by atomic mass is 10.1. The first kappa shape index (κ1) is 16.4. The monoisotopic (exact) mass is 311 g/mol. The number of nitrogens with zero attached hydrogens (tertiary/aromatic N) is 1. The average molecular weight is 311 g/mol. The number of rotatable bonds is 7. The molecule has 1 fully saturated rings. The number of likely N-dealkylation sites (tertiary alicyclic amines) is 1. The third-order valence-electron chi connectivity index (χ3n) is 3.84. The molecule has 1 aromatic carbocycles. The summed E-state index contributed by atoms with van der Waals surface area (Å²) in [4.78, 5) is 2.68. The molecule has 21 heavy (non-hydrogen) atoms. The molecule has 1 aliphatic heterocycles. The average Bonchev–Trinajstić information content (AvgIpc) is 2.94. The number of hydrogen-bond donors (Lipinski definition) is 2. The summed E-state index contributed by atoms with van der Waals surface area (Å²) in [7, 11) is -1.58. The first-order valence-electron chi connectivity index (χ1n) is 7.49. The first-order valence-corrected chi connectivity index (χ1v) is 8.97. The van der Waals surface area contributed by atoms with Crippen molar-refractivity contribution >= 4 is 10.0 Å². The van der Waals surface area contributed by atoms with E-state index in [0.29, 0.717) is 18.0 Å². The lowest BCUT2D eigenvalue weighted by Gasteiger charge is -2.16. The van der Waals surface area contributed by atoms with Gasteiger partial charge in [-0.25, -0.2) is 13.1 Å². The molecule has 0 spiro atoms. The highest BCUT2D eigenvalue weighted by Crippen LogP contribution is 2.17. The predicted octanol–water partition coefficient (Wildman–Crippen LogP) is 1.09. The Morgan fingerprint density at radius 3 is 2.62 bits per heavy atom. The molecule has 0 amide bonds. The zero-order chi connectivity index (χ0) is 15.3. The van der Waals surface area contributed by atoms with E-state index in [9.17, 15) is 8.42 Å². The quantitative estimate of drug-likeness (QED) is 0.791. The Kier molecular flexibility index (Phi) is 5.75. The van der Waals surface area contributed by atoms with Gasteiger partial charge in [-0.1, -0.05) is 12.1 Å². The van der Waals surface area contributed by atoms with Crippen LogP contribution in [0.2, 0.25) is 0 Å². The van der Waals surface area contributed by atoms with Crippen molar-refractivity contribution in [3.05, 3.63) is 29.3 Å². The molecule has 5 nitrogen and oxygen atoms in total. The molecule has 0 saturated carbocycles. The van der Waals surface area contributed by atoms with Crippen LogP contribution >= 0.6 is 0 Å². The Morgan fingerprint density at radius 2 is 1.95 bits per heavy atom. The number of nitrogens with one attached hydrogen (secondary N) is 2. The summed E-state index contributed by atoms with van der Waals surface area (Å²) in [5.41, 5.74) is 1.76. The van der Waals surface area contributed by atoms with Gasteiger partial charge in [0.1, 0.15) is 0 Å². The van der Waals surface area contributed by atoms with Gasteiger partial charge in [0, 0.05) is 19.6 Å². The largest absolute Gasteiger partial charge is 0.316 e. The fraction of sp³-hybridized carbons (Fsp3) is 0.600. The number of benzene rings is 1. The van der Waals surface area contributed by atoms with Crippen molar-refractivity contribution < 1.29 is 8.42 Å². The van der Waals surface area contributed by atoms with E-state index in [1.165, 1.54) is 12.8 Å². The van der Waals surface area contributed by atoms with Crippen molar-refractivity contribution in [2.75, 3.05) is 33.2 Å². The highest BCUT2D eigenvalue weighted by molar-refractivity contribution is 7.89. The van der Waals surface area contributed by atoms with Crippen molar-refractivity contribution in [2.45, 2.75) is 31.2 Å². The summed E-state index contributed by atoms with van der Waals surface area (Å²) >= 11 is 0. The van der Waals surface area contributed by atoms with Gasteiger partial charge in [0.15, 0.2) is 0 Å². The molecule has 118 valence electrons. The SMILES string of the molecule is CNCc1ccc(C)c(S(=O)(=O)NCCN2CCCC2)c1. The summed E-state index contributed by atoms with van der Waals surface area (Å²) in [6.07, 6.45) is 2.44. The lowest BCUT2D eigenvalue weighted by molar-refractivity contribution is 0.344. The molecule has 0 aromatic heterocycles. The Bertz CT molecular complexity index is 566. The minimum atomic E-state index is -3.43. The second-order valence-corrected chi connectivity index (χ2v) is 7.31. The molecule has 6 heteroatoms. The molecular formula is C15H25N3O2S.